The van der Waals surface area contributed by atoms with Gasteiger partial charge in [0.05, 0.1) is 16.3 Å². The Hall–Kier alpha value is -3.91. The van der Waals surface area contributed by atoms with Crippen LogP contribution in [0.2, 0.25) is 0 Å². The second-order valence-corrected chi connectivity index (χ2v) is 9.88. The molecule has 0 saturated carbocycles. The summed E-state index contributed by atoms with van der Waals surface area (Å²) < 4.78 is 27.8. The van der Waals surface area contributed by atoms with Crippen molar-refractivity contribution in [2.24, 2.45) is 0 Å². The van der Waals surface area contributed by atoms with Crippen molar-refractivity contribution < 1.29 is 18.3 Å². The summed E-state index contributed by atoms with van der Waals surface area (Å²) in [6.45, 7) is 0.309. The molecule has 2 aromatic heterocycles. The van der Waals surface area contributed by atoms with E-state index in [1.54, 1.807) is 28.8 Å². The molecule has 33 heavy (non-hydrogen) atoms. The lowest BCUT2D eigenvalue weighted by Gasteiger charge is -2.21. The summed E-state index contributed by atoms with van der Waals surface area (Å²) in [7, 11) is -3.99. The monoisotopic (exact) mass is 460 g/mol. The highest BCUT2D eigenvalue weighted by atomic mass is 32.2. The van der Waals surface area contributed by atoms with E-state index in [1.807, 2.05) is 30.3 Å². The Bertz CT molecular complexity index is 1540. The van der Waals surface area contributed by atoms with Gasteiger partial charge in [-0.3, -0.25) is 4.79 Å². The number of carboxylic acid groups (broad SMARTS) is 1. The Morgan fingerprint density at radius 3 is 2.24 bits per heavy atom. The lowest BCUT2D eigenvalue weighted by molar-refractivity contribution is 0.0686. The number of carboxylic acids is 1. The van der Waals surface area contributed by atoms with Crippen LogP contribution in [0.1, 0.15) is 27.2 Å². The number of nitrogens with zero attached hydrogens (tertiary/aromatic N) is 1. The van der Waals surface area contributed by atoms with Gasteiger partial charge in [-0.05, 0) is 53.8 Å². The van der Waals surface area contributed by atoms with Gasteiger partial charge in [-0.25, -0.2) is 13.2 Å². The van der Waals surface area contributed by atoms with Crippen LogP contribution >= 0.6 is 0 Å². The number of aromatic carboxylic acids is 1. The molecule has 5 rings (SSSR count). The maximum atomic E-state index is 13.1. The van der Waals surface area contributed by atoms with Gasteiger partial charge in [-0.2, -0.15) is 0 Å². The first-order valence-electron chi connectivity index (χ1n) is 10.4. The third kappa shape index (κ3) is 3.58. The molecule has 0 fully saturated rings. The van der Waals surface area contributed by atoms with Crippen molar-refractivity contribution in [1.29, 1.82) is 0 Å². The number of rotatable bonds is 5. The molecule has 4 aromatic rings. The van der Waals surface area contributed by atoms with Crippen LogP contribution < -0.4 is 5.56 Å². The molecule has 1 aliphatic carbocycles. The summed E-state index contributed by atoms with van der Waals surface area (Å²) >= 11 is 0. The molecule has 8 heteroatoms. The zero-order chi connectivity index (χ0) is 23.2. The fourth-order valence-corrected chi connectivity index (χ4v) is 5.72. The molecule has 2 aromatic carbocycles. The molecular formula is C25H20N2O5S. The molecule has 0 bridgehead atoms. The number of aromatic amines is 1. The Morgan fingerprint density at radius 1 is 0.939 bits per heavy atom. The van der Waals surface area contributed by atoms with Gasteiger partial charge in [0.2, 0.25) is 9.84 Å². The van der Waals surface area contributed by atoms with Crippen LogP contribution in [-0.2, 0) is 29.2 Å². The predicted molar refractivity (Wildman–Crippen MR) is 122 cm³/mol. The first-order valence-corrected chi connectivity index (χ1v) is 11.9. The summed E-state index contributed by atoms with van der Waals surface area (Å²) in [5, 5.41) is 9.80. The van der Waals surface area contributed by atoms with E-state index in [9.17, 15) is 23.1 Å². The van der Waals surface area contributed by atoms with Crippen molar-refractivity contribution in [1.82, 2.24) is 9.55 Å². The van der Waals surface area contributed by atoms with Crippen molar-refractivity contribution in [2.75, 3.05) is 0 Å². The van der Waals surface area contributed by atoms with Crippen LogP contribution in [0.3, 0.4) is 0 Å². The number of hydrogen-bond donors (Lipinski definition) is 2. The van der Waals surface area contributed by atoms with Gasteiger partial charge in [-0.15, -0.1) is 0 Å². The smallest absolute Gasteiger partial charge is 0.352 e. The third-order valence-electron chi connectivity index (χ3n) is 5.91. The van der Waals surface area contributed by atoms with Crippen LogP contribution in [0.4, 0.5) is 0 Å². The third-order valence-corrected chi connectivity index (χ3v) is 7.69. The Balaban J connectivity index is 1.68. The number of nitrogens with one attached hydrogen (secondary N) is 1. The van der Waals surface area contributed by atoms with Gasteiger partial charge in [-0.1, -0.05) is 48.5 Å². The molecule has 0 aliphatic heterocycles. The Morgan fingerprint density at radius 2 is 1.58 bits per heavy atom. The quantitative estimate of drug-likeness (QED) is 0.474. The Labute approximate surface area is 189 Å². The van der Waals surface area contributed by atoms with Crippen molar-refractivity contribution in [3.8, 4) is 11.4 Å². The standard InChI is InChI=1S/C25H20N2O5S/c28-24-21(33(31,32)19-9-5-2-6-10-19)14-17-11-12-18-13-20(25(29)30)27(23(18)22(17)26-24)15-16-7-3-1-4-8-16/h1-10,13-14H,11-12,15H2,(H,26,28)(H,29,30). The fraction of sp³-hybridized carbons (Fsp3) is 0.120. The number of carbonyl (C=O) groups is 1. The van der Waals surface area contributed by atoms with E-state index in [0.29, 0.717) is 36.3 Å². The van der Waals surface area contributed by atoms with Crippen molar-refractivity contribution in [2.45, 2.75) is 29.2 Å². The highest BCUT2D eigenvalue weighted by Crippen LogP contribution is 2.35. The normalized spacial score (nSPS) is 12.7. The predicted octanol–water partition coefficient (Wildman–Crippen LogP) is 3.52. The van der Waals surface area contributed by atoms with Gasteiger partial charge in [0, 0.05) is 6.54 Å². The van der Waals surface area contributed by atoms with Gasteiger partial charge in [0.25, 0.3) is 5.56 Å². The fourth-order valence-electron chi connectivity index (χ4n) is 4.35. The molecule has 166 valence electrons. The second-order valence-electron chi connectivity index (χ2n) is 7.96. The van der Waals surface area contributed by atoms with E-state index >= 15 is 0 Å². The molecule has 7 nitrogen and oxygen atoms in total. The van der Waals surface area contributed by atoms with Crippen LogP contribution in [0.15, 0.2) is 87.4 Å². The number of hydrogen-bond acceptors (Lipinski definition) is 4. The number of pyridine rings is 1. The summed E-state index contributed by atoms with van der Waals surface area (Å²) in [5.74, 6) is -1.06. The van der Waals surface area contributed by atoms with Crippen LogP contribution in [0, 0.1) is 0 Å². The molecule has 2 N–H and O–H groups in total. The van der Waals surface area contributed by atoms with Crippen molar-refractivity contribution in [3.63, 3.8) is 0 Å². The van der Waals surface area contributed by atoms with E-state index in [2.05, 4.69) is 4.98 Å². The second kappa shape index (κ2) is 7.90. The molecule has 1 aliphatic rings. The van der Waals surface area contributed by atoms with E-state index in [0.717, 1.165) is 11.1 Å². The van der Waals surface area contributed by atoms with Crippen LogP contribution in [-0.4, -0.2) is 29.0 Å². The number of aromatic nitrogens is 2. The topological polar surface area (TPSA) is 109 Å². The van der Waals surface area contributed by atoms with Gasteiger partial charge in [0.15, 0.2) is 0 Å². The highest BCUT2D eigenvalue weighted by molar-refractivity contribution is 7.91. The minimum absolute atomic E-state index is 0.0487. The number of aryl methyl sites for hydroxylation is 2. The summed E-state index contributed by atoms with van der Waals surface area (Å²) in [6, 6.07) is 20.3. The number of sulfone groups is 1. The Kier molecular flexibility index (Phi) is 5.02. The van der Waals surface area contributed by atoms with Gasteiger partial charge in [0.1, 0.15) is 10.6 Å². The van der Waals surface area contributed by atoms with E-state index < -0.39 is 21.4 Å². The first-order chi connectivity index (χ1) is 15.9. The molecule has 0 saturated heterocycles. The van der Waals surface area contributed by atoms with E-state index in [-0.39, 0.29) is 15.5 Å². The zero-order valence-electron chi connectivity index (χ0n) is 17.5. The summed E-state index contributed by atoms with van der Waals surface area (Å²) in [4.78, 5) is 27.4. The summed E-state index contributed by atoms with van der Waals surface area (Å²) in [6.07, 6.45) is 1.03. The van der Waals surface area contributed by atoms with Gasteiger partial charge < -0.3 is 14.7 Å². The molecule has 0 atom stereocenters. The molecule has 0 unspecified atom stereocenters. The van der Waals surface area contributed by atoms with Crippen molar-refractivity contribution in [3.05, 3.63) is 106 Å². The van der Waals surface area contributed by atoms with Crippen molar-refractivity contribution >= 4 is 15.8 Å². The van der Waals surface area contributed by atoms with Crippen LogP contribution in [0.5, 0.6) is 0 Å². The average molecular weight is 461 g/mol. The number of fused-ring (bicyclic) bond motifs is 3. The molecule has 0 radical (unpaired) electrons. The molecule has 0 amide bonds. The summed E-state index contributed by atoms with van der Waals surface area (Å²) in [5.41, 5.74) is 2.87. The maximum absolute atomic E-state index is 13.1. The molecule has 0 spiro atoms. The largest absolute Gasteiger partial charge is 0.477 e. The first kappa shape index (κ1) is 21.0. The minimum Gasteiger partial charge on any atom is -0.477 e. The average Bonchev–Trinajstić information content (AvgIpc) is 3.19. The lowest BCUT2D eigenvalue weighted by atomic mass is 9.94. The number of H-pyrrole nitrogens is 1. The SMILES string of the molecule is O=C(O)c1cc2c(n1Cc1ccccc1)-c1[nH]c(=O)c(S(=O)(=O)c3ccccc3)cc1CC2. The molecular weight excluding hydrogens is 440 g/mol. The minimum atomic E-state index is -3.99. The highest BCUT2D eigenvalue weighted by Gasteiger charge is 2.29. The maximum Gasteiger partial charge on any atom is 0.352 e. The lowest BCUT2D eigenvalue weighted by Crippen LogP contribution is -2.22. The van der Waals surface area contributed by atoms with E-state index in [1.165, 1.54) is 18.2 Å². The van der Waals surface area contributed by atoms with Crippen LogP contribution in [0.25, 0.3) is 11.4 Å². The van der Waals surface area contributed by atoms with Gasteiger partial charge >= 0.3 is 5.97 Å². The number of benzene rings is 2. The zero-order valence-corrected chi connectivity index (χ0v) is 18.3. The molecule has 2 heterocycles. The van der Waals surface area contributed by atoms with E-state index in [4.69, 9.17) is 0 Å².